The minimum atomic E-state index is 1.06. The van der Waals surface area contributed by atoms with Crippen LogP contribution in [0.3, 0.4) is 0 Å². The maximum Gasteiger partial charge on any atom is 0.0169 e. The highest BCUT2D eigenvalue weighted by Gasteiger charge is 2.53. The normalized spacial score (nSPS) is 62.5. The third-order valence-electron chi connectivity index (χ3n) is 4.66. The quantitative estimate of drug-likeness (QED) is 0.562. The monoisotopic (exact) mass is 182 g/mol. The Labute approximate surface area is 79.5 Å². The van der Waals surface area contributed by atoms with Crippen LogP contribution in [0.2, 0.25) is 0 Å². The van der Waals surface area contributed by atoms with Gasteiger partial charge in [-0.25, -0.2) is 0 Å². The van der Waals surface area contributed by atoms with Gasteiger partial charge in [0.1, 0.15) is 0 Å². The Morgan fingerprint density at radius 2 is 1.75 bits per heavy atom. The zero-order chi connectivity index (χ0) is 8.29. The molecule has 1 saturated heterocycles. The van der Waals surface area contributed by atoms with Gasteiger partial charge in [-0.1, -0.05) is 13.8 Å². The maximum atomic E-state index is 2.51. The highest BCUT2D eigenvalue weighted by molar-refractivity contribution is 8.06. The van der Waals surface area contributed by atoms with E-state index in [-0.39, 0.29) is 0 Å². The largest absolute Gasteiger partial charge is 0.156 e. The highest BCUT2D eigenvalue weighted by atomic mass is 32.2. The number of thioether (sulfide) groups is 1. The van der Waals surface area contributed by atoms with Crippen LogP contribution in [0, 0.1) is 29.6 Å². The van der Waals surface area contributed by atoms with E-state index >= 15 is 0 Å². The summed E-state index contributed by atoms with van der Waals surface area (Å²) in [7, 11) is 0. The van der Waals surface area contributed by atoms with Crippen LogP contribution in [0.25, 0.3) is 0 Å². The van der Waals surface area contributed by atoms with Crippen LogP contribution in [-0.4, -0.2) is 11.0 Å². The fourth-order valence-corrected chi connectivity index (χ4v) is 4.62. The molecular weight excluding hydrogens is 164 g/mol. The summed E-state index contributed by atoms with van der Waals surface area (Å²) in [5, 5.41) is 1.08. The summed E-state index contributed by atoms with van der Waals surface area (Å²) in [4.78, 5) is 0. The summed E-state index contributed by atoms with van der Waals surface area (Å²) in [6, 6.07) is 0. The summed E-state index contributed by atoms with van der Waals surface area (Å²) in [5.74, 6) is 6.97. The predicted molar refractivity (Wildman–Crippen MR) is 54.3 cm³/mol. The molecule has 0 bridgehead atoms. The van der Waals surface area contributed by atoms with Crippen molar-refractivity contribution in [1.29, 1.82) is 0 Å². The molecule has 3 rings (SSSR count). The molecule has 6 atom stereocenters. The SMILES string of the molecule is CC1CC2C1CC(C1CS1)[C@@H]2C. The second kappa shape index (κ2) is 2.43. The van der Waals surface area contributed by atoms with Crippen molar-refractivity contribution in [2.24, 2.45) is 29.6 Å². The molecule has 0 aromatic rings. The van der Waals surface area contributed by atoms with Gasteiger partial charge >= 0.3 is 0 Å². The maximum absolute atomic E-state index is 2.51. The van der Waals surface area contributed by atoms with Crippen LogP contribution >= 0.6 is 11.8 Å². The zero-order valence-electron chi connectivity index (χ0n) is 7.99. The molecule has 5 unspecified atom stereocenters. The first kappa shape index (κ1) is 7.73. The molecule has 0 spiro atoms. The van der Waals surface area contributed by atoms with Crippen LogP contribution in [0.15, 0.2) is 0 Å². The zero-order valence-corrected chi connectivity index (χ0v) is 8.81. The molecule has 3 aliphatic rings. The highest BCUT2D eigenvalue weighted by Crippen LogP contribution is 2.60. The van der Waals surface area contributed by atoms with Gasteiger partial charge in [-0.15, -0.1) is 0 Å². The molecule has 12 heavy (non-hydrogen) atoms. The van der Waals surface area contributed by atoms with Gasteiger partial charge in [0.2, 0.25) is 0 Å². The van der Waals surface area contributed by atoms with Crippen molar-refractivity contribution in [3.8, 4) is 0 Å². The summed E-state index contributed by atoms with van der Waals surface area (Å²) in [6.07, 6.45) is 3.12. The van der Waals surface area contributed by atoms with Crippen LogP contribution < -0.4 is 0 Å². The van der Waals surface area contributed by atoms with E-state index < -0.39 is 0 Å². The fourth-order valence-electron chi connectivity index (χ4n) is 3.66. The van der Waals surface area contributed by atoms with Gasteiger partial charge in [-0.05, 0) is 42.4 Å². The molecule has 2 aliphatic carbocycles. The molecule has 0 nitrogen and oxygen atoms in total. The minimum Gasteiger partial charge on any atom is -0.156 e. The first-order chi connectivity index (χ1) is 5.77. The van der Waals surface area contributed by atoms with E-state index in [1.165, 1.54) is 5.75 Å². The number of hydrogen-bond acceptors (Lipinski definition) is 1. The van der Waals surface area contributed by atoms with Crippen molar-refractivity contribution in [2.75, 3.05) is 5.75 Å². The lowest BCUT2D eigenvalue weighted by molar-refractivity contribution is 0.0925. The Hall–Kier alpha value is 0.350. The van der Waals surface area contributed by atoms with Crippen molar-refractivity contribution < 1.29 is 0 Å². The summed E-state index contributed by atoms with van der Waals surface area (Å²) in [6.45, 7) is 4.97. The molecule has 68 valence electrons. The van der Waals surface area contributed by atoms with Gasteiger partial charge in [0.05, 0.1) is 0 Å². The molecule has 0 aromatic carbocycles. The molecule has 1 aliphatic heterocycles. The molecule has 0 aromatic heterocycles. The Morgan fingerprint density at radius 1 is 1.00 bits per heavy atom. The topological polar surface area (TPSA) is 0 Å². The number of rotatable bonds is 1. The van der Waals surface area contributed by atoms with Gasteiger partial charge in [-0.3, -0.25) is 0 Å². The molecule has 0 amide bonds. The van der Waals surface area contributed by atoms with E-state index in [0.29, 0.717) is 0 Å². The Bertz CT molecular complexity index is 197. The number of fused-ring (bicyclic) bond motifs is 1. The lowest BCUT2D eigenvalue weighted by Crippen LogP contribution is -2.32. The summed E-state index contributed by atoms with van der Waals surface area (Å²) in [5.41, 5.74) is 0. The van der Waals surface area contributed by atoms with E-state index in [1.54, 1.807) is 12.8 Å². The number of hydrogen-bond donors (Lipinski definition) is 0. The lowest BCUT2D eigenvalue weighted by atomic mass is 9.65. The molecular formula is C11H18S. The molecule has 1 heteroatoms. The predicted octanol–water partition coefficient (Wildman–Crippen LogP) is 3.03. The van der Waals surface area contributed by atoms with E-state index in [2.05, 4.69) is 25.6 Å². The van der Waals surface area contributed by atoms with E-state index in [9.17, 15) is 0 Å². The third kappa shape index (κ3) is 0.921. The molecule has 0 radical (unpaired) electrons. The summed E-state index contributed by atoms with van der Waals surface area (Å²) >= 11 is 2.20. The van der Waals surface area contributed by atoms with Gasteiger partial charge in [0.15, 0.2) is 0 Å². The van der Waals surface area contributed by atoms with Crippen molar-refractivity contribution in [2.45, 2.75) is 31.9 Å². The average Bonchev–Trinajstić information content (AvgIpc) is 2.80. The van der Waals surface area contributed by atoms with Crippen LogP contribution in [0.1, 0.15) is 26.7 Å². The van der Waals surface area contributed by atoms with Gasteiger partial charge < -0.3 is 0 Å². The van der Waals surface area contributed by atoms with Crippen LogP contribution in [-0.2, 0) is 0 Å². The summed E-state index contributed by atoms with van der Waals surface area (Å²) < 4.78 is 0. The molecule has 2 saturated carbocycles. The van der Waals surface area contributed by atoms with E-state index in [1.807, 2.05) is 0 Å². The molecule has 0 N–H and O–H groups in total. The fraction of sp³-hybridized carbons (Fsp3) is 1.00. The van der Waals surface area contributed by atoms with Crippen LogP contribution in [0.4, 0.5) is 0 Å². The van der Waals surface area contributed by atoms with Gasteiger partial charge in [0, 0.05) is 11.0 Å². The van der Waals surface area contributed by atoms with E-state index in [4.69, 9.17) is 0 Å². The second-order valence-electron chi connectivity index (χ2n) is 5.17. The Kier molecular flexibility index (Phi) is 1.57. The van der Waals surface area contributed by atoms with E-state index in [0.717, 1.165) is 34.8 Å². The van der Waals surface area contributed by atoms with Crippen molar-refractivity contribution in [3.63, 3.8) is 0 Å². The van der Waals surface area contributed by atoms with Gasteiger partial charge in [0.25, 0.3) is 0 Å². The van der Waals surface area contributed by atoms with Gasteiger partial charge in [-0.2, -0.15) is 11.8 Å². The minimum absolute atomic E-state index is 1.06. The Balaban J connectivity index is 1.74. The van der Waals surface area contributed by atoms with Crippen LogP contribution in [0.5, 0.6) is 0 Å². The standard InChI is InChI=1S/C11H18S/c1-6-3-9-7(2)10(4-8(6)9)11-5-12-11/h6-11H,3-5H2,1-2H3/t6?,7-,8?,9?,10?,11?/m1/s1. The smallest absolute Gasteiger partial charge is 0.0169 e. The van der Waals surface area contributed by atoms with Crippen molar-refractivity contribution >= 4 is 11.8 Å². The van der Waals surface area contributed by atoms with Crippen molar-refractivity contribution in [1.82, 2.24) is 0 Å². The molecule has 3 fully saturated rings. The Morgan fingerprint density at radius 3 is 2.25 bits per heavy atom. The first-order valence-electron chi connectivity index (χ1n) is 5.39. The first-order valence-corrected chi connectivity index (χ1v) is 6.44. The average molecular weight is 182 g/mol. The van der Waals surface area contributed by atoms with Crippen molar-refractivity contribution in [3.05, 3.63) is 0 Å². The third-order valence-corrected chi connectivity index (χ3v) is 5.72. The second-order valence-corrected chi connectivity index (χ2v) is 6.44. The molecule has 1 heterocycles. The lowest BCUT2D eigenvalue weighted by Gasteiger charge is -2.40.